The maximum absolute atomic E-state index is 6.61. The zero-order valence-corrected chi connectivity index (χ0v) is 21.8. The molecule has 3 aromatic rings. The van der Waals surface area contributed by atoms with E-state index in [-0.39, 0.29) is 12.2 Å². The summed E-state index contributed by atoms with van der Waals surface area (Å²) in [5.74, 6) is 1.68. The highest BCUT2D eigenvalue weighted by molar-refractivity contribution is 9.10. The minimum Gasteiger partial charge on any atom is -0.483 e. The quantitative estimate of drug-likeness (QED) is 0.476. The SMILES string of the molecule is Cc1cc2c(N3CC4CC3CN4)nc(OC3CCOCC3)nc2c(OC(C)c2ccccc2)c1Br. The van der Waals surface area contributed by atoms with Gasteiger partial charge in [-0.25, -0.2) is 0 Å². The first-order valence-electron chi connectivity index (χ1n) is 12.5. The Morgan fingerprint density at radius 1 is 1.17 bits per heavy atom. The molecule has 3 aliphatic heterocycles. The number of halogens is 1. The smallest absolute Gasteiger partial charge is 0.319 e. The second-order valence-electron chi connectivity index (χ2n) is 9.81. The van der Waals surface area contributed by atoms with Crippen LogP contribution in [-0.4, -0.2) is 54.5 Å². The van der Waals surface area contributed by atoms with Gasteiger partial charge in [0.2, 0.25) is 0 Å². The lowest BCUT2D eigenvalue weighted by Crippen LogP contribution is -2.44. The van der Waals surface area contributed by atoms with E-state index < -0.39 is 0 Å². The number of benzene rings is 2. The van der Waals surface area contributed by atoms with Crippen LogP contribution in [0.2, 0.25) is 0 Å². The van der Waals surface area contributed by atoms with Crippen molar-refractivity contribution in [3.8, 4) is 11.8 Å². The summed E-state index contributed by atoms with van der Waals surface area (Å²) in [6.45, 7) is 7.51. The van der Waals surface area contributed by atoms with Crippen LogP contribution in [0.1, 0.15) is 43.4 Å². The number of ether oxygens (including phenoxy) is 3. The lowest BCUT2D eigenvalue weighted by Gasteiger charge is -2.30. The first-order chi connectivity index (χ1) is 17.1. The fourth-order valence-electron chi connectivity index (χ4n) is 5.42. The summed E-state index contributed by atoms with van der Waals surface area (Å²) in [5.41, 5.74) is 3.00. The van der Waals surface area contributed by atoms with Gasteiger partial charge >= 0.3 is 6.01 Å². The highest BCUT2D eigenvalue weighted by atomic mass is 79.9. The molecule has 0 spiro atoms. The predicted molar refractivity (Wildman–Crippen MR) is 139 cm³/mol. The van der Waals surface area contributed by atoms with Crippen molar-refractivity contribution in [1.82, 2.24) is 15.3 Å². The Bertz CT molecular complexity index is 1220. The molecule has 2 aromatic carbocycles. The predicted octanol–water partition coefficient (Wildman–Crippen LogP) is 4.95. The Morgan fingerprint density at radius 2 is 1.97 bits per heavy atom. The largest absolute Gasteiger partial charge is 0.483 e. The minimum absolute atomic E-state index is 0.0623. The van der Waals surface area contributed by atoms with Crippen LogP contribution in [0, 0.1) is 6.92 Å². The van der Waals surface area contributed by atoms with Gasteiger partial charge in [-0.05, 0) is 53.4 Å². The molecule has 35 heavy (non-hydrogen) atoms. The number of aromatic nitrogens is 2. The molecular weight excluding hydrogens is 508 g/mol. The summed E-state index contributed by atoms with van der Waals surface area (Å²) in [5, 5.41) is 4.61. The van der Waals surface area contributed by atoms with E-state index in [0.29, 0.717) is 31.3 Å². The standard InChI is InChI=1S/C27H31BrN4O3/c1-16-12-22-24(25(23(16)28)34-17(2)18-6-4-3-5-7-18)30-27(35-21-8-10-33-11-9-21)31-26(22)32-15-19-13-20(32)14-29-19/h3-7,12,17,19-21,29H,8-11,13-15H2,1-2H3. The van der Waals surface area contributed by atoms with Crippen LogP contribution in [-0.2, 0) is 4.74 Å². The van der Waals surface area contributed by atoms with Gasteiger partial charge in [-0.15, -0.1) is 0 Å². The normalized spacial score (nSPS) is 23.1. The summed E-state index contributed by atoms with van der Waals surface area (Å²) < 4.78 is 19.4. The fourth-order valence-corrected chi connectivity index (χ4v) is 5.81. The first kappa shape index (κ1) is 23.0. The third kappa shape index (κ3) is 4.47. The average molecular weight is 539 g/mol. The highest BCUT2D eigenvalue weighted by Crippen LogP contribution is 2.43. The van der Waals surface area contributed by atoms with E-state index in [1.54, 1.807) is 0 Å². The van der Waals surface area contributed by atoms with Crippen molar-refractivity contribution in [3.63, 3.8) is 0 Å². The van der Waals surface area contributed by atoms with Crippen LogP contribution < -0.4 is 19.7 Å². The average Bonchev–Trinajstić information content (AvgIpc) is 3.52. The highest BCUT2D eigenvalue weighted by Gasteiger charge is 2.39. The number of hydrogen-bond donors (Lipinski definition) is 1. The van der Waals surface area contributed by atoms with Crippen molar-refractivity contribution in [2.75, 3.05) is 31.2 Å². The second-order valence-corrected chi connectivity index (χ2v) is 10.6. The molecule has 1 aromatic heterocycles. The van der Waals surface area contributed by atoms with Gasteiger partial charge in [0.1, 0.15) is 23.5 Å². The molecule has 8 heteroatoms. The van der Waals surface area contributed by atoms with Crippen LogP contribution >= 0.6 is 15.9 Å². The molecule has 2 bridgehead atoms. The lowest BCUT2D eigenvalue weighted by atomic mass is 10.1. The molecule has 3 fully saturated rings. The summed E-state index contributed by atoms with van der Waals surface area (Å²) in [4.78, 5) is 12.4. The molecule has 4 heterocycles. The Morgan fingerprint density at radius 3 is 2.69 bits per heavy atom. The van der Waals surface area contributed by atoms with E-state index in [1.165, 1.54) is 0 Å². The summed E-state index contributed by atoms with van der Waals surface area (Å²) >= 11 is 3.80. The van der Waals surface area contributed by atoms with Crippen molar-refractivity contribution in [1.29, 1.82) is 0 Å². The number of anilines is 1. The van der Waals surface area contributed by atoms with Crippen LogP contribution in [0.3, 0.4) is 0 Å². The Hall–Kier alpha value is -2.42. The molecule has 0 aliphatic carbocycles. The lowest BCUT2D eigenvalue weighted by molar-refractivity contribution is 0.0219. The van der Waals surface area contributed by atoms with Crippen molar-refractivity contribution < 1.29 is 14.2 Å². The fraction of sp³-hybridized carbons (Fsp3) is 0.481. The van der Waals surface area contributed by atoms with E-state index in [1.807, 2.05) is 18.2 Å². The van der Waals surface area contributed by atoms with Gasteiger partial charge in [0, 0.05) is 43.4 Å². The van der Waals surface area contributed by atoms with Crippen molar-refractivity contribution in [2.45, 2.75) is 57.4 Å². The minimum atomic E-state index is -0.136. The molecule has 0 radical (unpaired) electrons. The van der Waals surface area contributed by atoms with Gasteiger partial charge in [-0.1, -0.05) is 30.3 Å². The zero-order valence-electron chi connectivity index (χ0n) is 20.2. The molecule has 3 unspecified atom stereocenters. The van der Waals surface area contributed by atoms with Crippen LogP contribution in [0.15, 0.2) is 40.9 Å². The molecule has 6 rings (SSSR count). The van der Waals surface area contributed by atoms with Crippen LogP contribution in [0.25, 0.3) is 10.9 Å². The number of rotatable bonds is 6. The third-order valence-electron chi connectivity index (χ3n) is 7.36. The van der Waals surface area contributed by atoms with Gasteiger partial charge in [-0.2, -0.15) is 9.97 Å². The van der Waals surface area contributed by atoms with Crippen molar-refractivity contribution >= 4 is 32.7 Å². The number of piperazine rings is 1. The monoisotopic (exact) mass is 538 g/mol. The van der Waals surface area contributed by atoms with Crippen molar-refractivity contribution in [2.24, 2.45) is 0 Å². The van der Waals surface area contributed by atoms with E-state index in [2.05, 4.69) is 58.2 Å². The summed E-state index contributed by atoms with van der Waals surface area (Å²) in [6, 6.07) is 13.8. The number of fused-ring (bicyclic) bond motifs is 3. The van der Waals surface area contributed by atoms with Gasteiger partial charge in [0.25, 0.3) is 0 Å². The summed E-state index contributed by atoms with van der Waals surface area (Å²) in [6.07, 6.45) is 2.77. The van der Waals surface area contributed by atoms with Crippen LogP contribution in [0.5, 0.6) is 11.8 Å². The number of aryl methyl sites for hydroxylation is 1. The maximum Gasteiger partial charge on any atom is 0.319 e. The Kier molecular flexibility index (Phi) is 6.28. The van der Waals surface area contributed by atoms with Gasteiger partial charge in [0.15, 0.2) is 5.75 Å². The molecule has 3 aliphatic rings. The van der Waals surface area contributed by atoms with E-state index in [0.717, 1.165) is 70.4 Å². The van der Waals surface area contributed by atoms with Gasteiger partial charge < -0.3 is 24.4 Å². The molecule has 0 amide bonds. The number of nitrogens with one attached hydrogen (secondary N) is 1. The zero-order chi connectivity index (χ0) is 23.9. The second kappa shape index (κ2) is 9.56. The van der Waals surface area contributed by atoms with Crippen LogP contribution in [0.4, 0.5) is 5.82 Å². The Labute approximate surface area is 214 Å². The molecule has 3 atom stereocenters. The number of nitrogens with zero attached hydrogens (tertiary/aromatic N) is 3. The molecule has 184 valence electrons. The van der Waals surface area contributed by atoms with E-state index in [9.17, 15) is 0 Å². The molecule has 1 N–H and O–H groups in total. The molecular formula is C27H31BrN4O3. The maximum atomic E-state index is 6.61. The topological polar surface area (TPSA) is 68.7 Å². The number of hydrogen-bond acceptors (Lipinski definition) is 7. The summed E-state index contributed by atoms with van der Waals surface area (Å²) in [7, 11) is 0. The Balaban J connectivity index is 1.46. The molecule has 7 nitrogen and oxygen atoms in total. The van der Waals surface area contributed by atoms with E-state index >= 15 is 0 Å². The van der Waals surface area contributed by atoms with Gasteiger partial charge in [-0.3, -0.25) is 0 Å². The molecule has 3 saturated heterocycles. The van der Waals surface area contributed by atoms with Crippen molar-refractivity contribution in [3.05, 3.63) is 52.0 Å². The van der Waals surface area contributed by atoms with E-state index in [4.69, 9.17) is 24.2 Å². The van der Waals surface area contributed by atoms with Gasteiger partial charge in [0.05, 0.1) is 17.7 Å². The first-order valence-corrected chi connectivity index (χ1v) is 13.3. The molecule has 0 saturated carbocycles. The third-order valence-corrected chi connectivity index (χ3v) is 8.34.